The number of nitrogens with zero attached hydrogens (tertiary/aromatic N) is 3. The molecule has 2 heterocycles. The van der Waals surface area contributed by atoms with Crippen LogP contribution in [-0.4, -0.2) is 20.7 Å². The molecule has 190 valence electrons. The highest BCUT2D eigenvalue weighted by Gasteiger charge is 2.33. The van der Waals surface area contributed by atoms with Crippen molar-refractivity contribution in [2.75, 3.05) is 5.32 Å². The van der Waals surface area contributed by atoms with Gasteiger partial charge in [-0.25, -0.2) is 9.07 Å². The summed E-state index contributed by atoms with van der Waals surface area (Å²) in [6, 6.07) is 17.7. The summed E-state index contributed by atoms with van der Waals surface area (Å²) in [4.78, 5) is 17.5. The molecule has 0 aliphatic heterocycles. The summed E-state index contributed by atoms with van der Waals surface area (Å²) >= 11 is 0. The van der Waals surface area contributed by atoms with Crippen molar-refractivity contribution in [3.63, 3.8) is 0 Å². The van der Waals surface area contributed by atoms with Gasteiger partial charge in [-0.3, -0.25) is 9.78 Å². The highest BCUT2D eigenvalue weighted by Crippen LogP contribution is 2.40. The van der Waals surface area contributed by atoms with E-state index in [0.717, 1.165) is 23.1 Å². The van der Waals surface area contributed by atoms with E-state index in [0.29, 0.717) is 36.0 Å². The summed E-state index contributed by atoms with van der Waals surface area (Å²) in [5.74, 6) is -0.325. The van der Waals surface area contributed by atoms with Gasteiger partial charge in [0.2, 0.25) is 0 Å². The van der Waals surface area contributed by atoms with Gasteiger partial charge in [-0.05, 0) is 84.8 Å². The molecule has 0 bridgehead atoms. The maximum atomic E-state index is 15.0. The summed E-state index contributed by atoms with van der Waals surface area (Å²) < 4.78 is 16.5. The van der Waals surface area contributed by atoms with Crippen molar-refractivity contribution in [3.05, 3.63) is 107 Å². The third-order valence-electron chi connectivity index (χ3n) is 7.02. The molecule has 1 amide bonds. The van der Waals surface area contributed by atoms with Gasteiger partial charge in [-0.15, -0.1) is 0 Å². The number of aryl methyl sites for hydroxylation is 1. The van der Waals surface area contributed by atoms with Gasteiger partial charge in [-0.2, -0.15) is 5.10 Å². The maximum Gasteiger partial charge on any atom is 0.274 e. The molecule has 5 rings (SSSR count). The van der Waals surface area contributed by atoms with Crippen molar-refractivity contribution >= 4 is 11.6 Å². The Labute approximate surface area is 215 Å². The Kier molecular flexibility index (Phi) is 6.86. The number of carbonyl (C=O) groups is 1. The second kappa shape index (κ2) is 10.2. The van der Waals surface area contributed by atoms with Crippen LogP contribution in [0, 0.1) is 18.7 Å². The number of amides is 1. The molecule has 1 atom stereocenters. The SMILES string of the molecule is Cc1cc(C(=O)Nc2cc(C(N)(CCC3CC3)c3ccncc3)ccc2F)n(-c2cccc(CN)c2)n1. The molecule has 1 unspecified atom stereocenters. The second-order valence-electron chi connectivity index (χ2n) is 9.79. The zero-order valence-electron chi connectivity index (χ0n) is 20.8. The molecule has 1 aliphatic carbocycles. The average molecular weight is 499 g/mol. The lowest BCUT2D eigenvalue weighted by atomic mass is 9.79. The molecule has 7 nitrogen and oxygen atoms in total. The molecular formula is C29H31FN6O. The van der Waals surface area contributed by atoms with Crippen molar-refractivity contribution in [2.45, 2.75) is 44.7 Å². The third kappa shape index (κ3) is 5.30. The number of anilines is 1. The van der Waals surface area contributed by atoms with Crippen LogP contribution in [0.25, 0.3) is 5.69 Å². The monoisotopic (exact) mass is 498 g/mol. The number of hydrogen-bond acceptors (Lipinski definition) is 5. The van der Waals surface area contributed by atoms with E-state index in [1.807, 2.05) is 36.4 Å². The van der Waals surface area contributed by atoms with E-state index in [1.165, 1.54) is 18.9 Å². The summed E-state index contributed by atoms with van der Waals surface area (Å²) in [5.41, 5.74) is 16.2. The van der Waals surface area contributed by atoms with Gasteiger partial charge in [-0.1, -0.05) is 31.0 Å². The van der Waals surface area contributed by atoms with Crippen LogP contribution >= 0.6 is 0 Å². The minimum absolute atomic E-state index is 0.0684. The second-order valence-corrected chi connectivity index (χ2v) is 9.79. The Hall–Kier alpha value is -3.88. The van der Waals surface area contributed by atoms with Gasteiger partial charge in [0.05, 0.1) is 22.6 Å². The molecule has 5 N–H and O–H groups in total. The molecule has 2 aromatic heterocycles. The fourth-order valence-electron chi connectivity index (χ4n) is 4.70. The van der Waals surface area contributed by atoms with E-state index in [-0.39, 0.29) is 5.69 Å². The summed E-state index contributed by atoms with van der Waals surface area (Å²) in [6.07, 6.45) is 7.56. The Morgan fingerprint density at radius 1 is 1.11 bits per heavy atom. The van der Waals surface area contributed by atoms with E-state index in [9.17, 15) is 9.18 Å². The molecule has 1 saturated carbocycles. The predicted molar refractivity (Wildman–Crippen MR) is 142 cm³/mol. The number of benzene rings is 2. The standard InChI is InChI=1S/C29H31FN6O/c1-19-15-27(36(35-19)24-4-2-3-21(16-24)18-31)28(37)34-26-17-23(7-8-25(26)30)29(32,12-9-20-5-6-20)22-10-13-33-14-11-22/h2-4,7-8,10-11,13-17,20H,5-6,9,12,18,31-32H2,1H3,(H,34,37). The number of hydrogen-bond donors (Lipinski definition) is 3. The highest BCUT2D eigenvalue weighted by molar-refractivity contribution is 6.03. The fourth-order valence-corrected chi connectivity index (χ4v) is 4.70. The Bertz CT molecular complexity index is 1420. The van der Waals surface area contributed by atoms with Gasteiger partial charge in [0, 0.05) is 18.9 Å². The number of nitrogens with two attached hydrogens (primary N) is 2. The van der Waals surface area contributed by atoms with Gasteiger partial charge < -0.3 is 16.8 Å². The lowest BCUT2D eigenvalue weighted by molar-refractivity contribution is 0.101. The average Bonchev–Trinajstić information content (AvgIpc) is 3.67. The number of carbonyl (C=O) groups excluding carboxylic acids is 1. The van der Waals surface area contributed by atoms with E-state index < -0.39 is 17.3 Å². The zero-order valence-corrected chi connectivity index (χ0v) is 20.8. The van der Waals surface area contributed by atoms with Crippen molar-refractivity contribution in [1.29, 1.82) is 0 Å². The van der Waals surface area contributed by atoms with Crippen LogP contribution in [0.15, 0.2) is 73.1 Å². The van der Waals surface area contributed by atoms with Crippen molar-refractivity contribution < 1.29 is 9.18 Å². The molecule has 2 aromatic carbocycles. The van der Waals surface area contributed by atoms with Crippen LogP contribution in [0.3, 0.4) is 0 Å². The molecule has 0 saturated heterocycles. The first-order chi connectivity index (χ1) is 17.9. The molecular weight excluding hydrogens is 467 g/mol. The van der Waals surface area contributed by atoms with E-state index in [1.54, 1.807) is 42.2 Å². The van der Waals surface area contributed by atoms with E-state index >= 15 is 0 Å². The third-order valence-corrected chi connectivity index (χ3v) is 7.02. The number of nitrogens with one attached hydrogen (secondary N) is 1. The van der Waals surface area contributed by atoms with Crippen molar-refractivity contribution in [2.24, 2.45) is 17.4 Å². The van der Waals surface area contributed by atoms with Crippen molar-refractivity contribution in [1.82, 2.24) is 14.8 Å². The van der Waals surface area contributed by atoms with Gasteiger partial charge in [0.15, 0.2) is 0 Å². The summed E-state index contributed by atoms with van der Waals surface area (Å²) in [6.45, 7) is 2.17. The predicted octanol–water partition coefficient (Wildman–Crippen LogP) is 4.82. The number of halogens is 1. The smallest absolute Gasteiger partial charge is 0.274 e. The summed E-state index contributed by atoms with van der Waals surface area (Å²) in [5, 5.41) is 7.23. The van der Waals surface area contributed by atoms with Crippen LogP contribution in [0.2, 0.25) is 0 Å². The van der Waals surface area contributed by atoms with Gasteiger partial charge in [0.25, 0.3) is 5.91 Å². The largest absolute Gasteiger partial charge is 0.326 e. The maximum absolute atomic E-state index is 15.0. The molecule has 1 fully saturated rings. The van der Waals surface area contributed by atoms with Crippen LogP contribution < -0.4 is 16.8 Å². The number of pyridine rings is 1. The summed E-state index contributed by atoms with van der Waals surface area (Å²) in [7, 11) is 0. The topological polar surface area (TPSA) is 112 Å². The van der Waals surface area contributed by atoms with Crippen LogP contribution in [0.5, 0.6) is 0 Å². The molecule has 8 heteroatoms. The Morgan fingerprint density at radius 3 is 2.62 bits per heavy atom. The fraction of sp³-hybridized carbons (Fsp3) is 0.276. The Balaban J connectivity index is 1.47. The van der Waals surface area contributed by atoms with Crippen molar-refractivity contribution in [3.8, 4) is 5.69 Å². The Morgan fingerprint density at radius 2 is 1.89 bits per heavy atom. The number of aromatic nitrogens is 3. The first kappa shape index (κ1) is 24.8. The van der Waals surface area contributed by atoms with E-state index in [2.05, 4.69) is 15.4 Å². The lowest BCUT2D eigenvalue weighted by Gasteiger charge is -2.31. The first-order valence-electron chi connectivity index (χ1n) is 12.5. The van der Waals surface area contributed by atoms with Crippen LogP contribution in [0.4, 0.5) is 10.1 Å². The molecule has 4 aromatic rings. The van der Waals surface area contributed by atoms with Crippen LogP contribution in [-0.2, 0) is 12.1 Å². The zero-order chi connectivity index (χ0) is 26.0. The first-order valence-corrected chi connectivity index (χ1v) is 12.5. The normalized spacial score (nSPS) is 14.8. The minimum Gasteiger partial charge on any atom is -0.326 e. The van der Waals surface area contributed by atoms with Crippen LogP contribution in [0.1, 0.15) is 58.6 Å². The van der Waals surface area contributed by atoms with Gasteiger partial charge in [0.1, 0.15) is 11.5 Å². The minimum atomic E-state index is -0.834. The molecule has 0 radical (unpaired) electrons. The van der Waals surface area contributed by atoms with E-state index in [4.69, 9.17) is 11.5 Å². The van der Waals surface area contributed by atoms with Gasteiger partial charge >= 0.3 is 0 Å². The lowest BCUT2D eigenvalue weighted by Crippen LogP contribution is -2.38. The molecule has 0 spiro atoms. The number of rotatable bonds is 9. The molecule has 1 aliphatic rings. The molecule has 37 heavy (non-hydrogen) atoms. The quantitative estimate of drug-likeness (QED) is 0.306. The highest BCUT2D eigenvalue weighted by atomic mass is 19.1.